The molecule has 0 bridgehead atoms. The highest BCUT2D eigenvalue weighted by Crippen LogP contribution is 2.30. The van der Waals surface area contributed by atoms with Crippen LogP contribution >= 0.6 is 0 Å². The van der Waals surface area contributed by atoms with Gasteiger partial charge in [0, 0.05) is 33.4 Å². The number of hydrogen-bond acceptors (Lipinski definition) is 9. The number of carbonyl (C=O) groups excluding carboxylic acids is 3. The summed E-state index contributed by atoms with van der Waals surface area (Å²) >= 11 is 0. The van der Waals surface area contributed by atoms with Gasteiger partial charge in [-0.05, 0) is 19.8 Å². The Kier molecular flexibility index (Phi) is 9.20. The van der Waals surface area contributed by atoms with Crippen LogP contribution < -0.4 is 14.8 Å². The summed E-state index contributed by atoms with van der Waals surface area (Å²) in [5.74, 6) is -1.84. The number of nitrogens with zero attached hydrogens (tertiary/aromatic N) is 1. The molecule has 1 N–H and O–H groups in total. The summed E-state index contributed by atoms with van der Waals surface area (Å²) < 4.78 is 26.8. The van der Waals surface area contributed by atoms with Crippen molar-refractivity contribution in [1.82, 2.24) is 10.3 Å². The van der Waals surface area contributed by atoms with E-state index in [-0.39, 0.29) is 23.3 Å². The van der Waals surface area contributed by atoms with Gasteiger partial charge in [0.25, 0.3) is 5.91 Å². The van der Waals surface area contributed by atoms with Gasteiger partial charge in [-0.15, -0.1) is 0 Å². The molecule has 0 saturated carbocycles. The highest BCUT2D eigenvalue weighted by atomic mass is 16.6. The Hall–Kier alpha value is -2.72. The molecule has 0 aromatic carbocycles. The Morgan fingerprint density at radius 3 is 2.48 bits per heavy atom. The van der Waals surface area contributed by atoms with E-state index in [2.05, 4.69) is 10.3 Å². The summed E-state index contributed by atoms with van der Waals surface area (Å²) in [6.45, 7) is 2.93. The maximum Gasteiger partial charge on any atom is 0.329 e. The predicted octanol–water partition coefficient (Wildman–Crippen LogP) is 1.65. The minimum atomic E-state index is -0.898. The molecule has 0 radical (unpaired) electrons. The zero-order valence-electron chi connectivity index (χ0n) is 18.5. The number of cyclic esters (lactones) is 1. The quantitative estimate of drug-likeness (QED) is 0.661. The predicted molar refractivity (Wildman–Crippen MR) is 109 cm³/mol. The molecule has 2 rings (SSSR count). The molecule has 31 heavy (non-hydrogen) atoms. The van der Waals surface area contributed by atoms with Gasteiger partial charge in [-0.1, -0.05) is 12.8 Å². The zero-order valence-corrected chi connectivity index (χ0v) is 18.5. The molecule has 1 aromatic rings. The minimum Gasteiger partial charge on any atom is -0.493 e. The van der Waals surface area contributed by atoms with Crippen LogP contribution in [0.4, 0.5) is 0 Å². The second-order valence-electron chi connectivity index (χ2n) is 7.21. The summed E-state index contributed by atoms with van der Waals surface area (Å²) in [6, 6.07) is 0.565. The van der Waals surface area contributed by atoms with Crippen LogP contribution in [0.5, 0.6) is 11.5 Å². The number of esters is 2. The highest BCUT2D eigenvalue weighted by Gasteiger charge is 2.34. The molecule has 1 fully saturated rings. The van der Waals surface area contributed by atoms with Crippen molar-refractivity contribution in [3.63, 3.8) is 0 Å². The standard InChI is InChI=1S/C21H30N2O8/c1-12-18(29-5)15(27-3)9-7-6-8-14(21(26)30-12)23-20(25)17-19(31-13(2)24)16(28-4)10-11-22-17/h10-12,14-15,18H,6-9H2,1-5H3,(H,23,25)/t12-,14-,15-,18-/m0/s1. The van der Waals surface area contributed by atoms with Crippen molar-refractivity contribution >= 4 is 17.8 Å². The fraction of sp³-hybridized carbons (Fsp3) is 0.619. The van der Waals surface area contributed by atoms with Gasteiger partial charge in [0.15, 0.2) is 11.4 Å². The van der Waals surface area contributed by atoms with Crippen LogP contribution in [0.2, 0.25) is 0 Å². The number of pyridine rings is 1. The molecular formula is C21H30N2O8. The zero-order chi connectivity index (χ0) is 23.0. The molecule has 0 aliphatic carbocycles. The molecule has 1 aromatic heterocycles. The van der Waals surface area contributed by atoms with Crippen LogP contribution in [0, 0.1) is 0 Å². The Balaban J connectivity index is 2.22. The number of ether oxygens (including phenoxy) is 5. The van der Waals surface area contributed by atoms with E-state index in [0.29, 0.717) is 12.8 Å². The molecule has 10 nitrogen and oxygen atoms in total. The fourth-order valence-corrected chi connectivity index (χ4v) is 3.56. The van der Waals surface area contributed by atoms with Crippen LogP contribution in [0.15, 0.2) is 12.3 Å². The summed E-state index contributed by atoms with van der Waals surface area (Å²) in [5, 5.41) is 2.65. The smallest absolute Gasteiger partial charge is 0.329 e. The van der Waals surface area contributed by atoms with Crippen molar-refractivity contribution in [3.05, 3.63) is 18.0 Å². The van der Waals surface area contributed by atoms with Crippen LogP contribution in [0.1, 0.15) is 50.0 Å². The fourth-order valence-electron chi connectivity index (χ4n) is 3.56. The van der Waals surface area contributed by atoms with Gasteiger partial charge in [-0.25, -0.2) is 9.78 Å². The molecule has 172 valence electrons. The van der Waals surface area contributed by atoms with Gasteiger partial charge in [-0.3, -0.25) is 9.59 Å². The van der Waals surface area contributed by atoms with Crippen molar-refractivity contribution in [1.29, 1.82) is 0 Å². The summed E-state index contributed by atoms with van der Waals surface area (Å²) in [6.07, 6.45) is 2.68. The summed E-state index contributed by atoms with van der Waals surface area (Å²) in [4.78, 5) is 41.2. The molecule has 0 unspecified atom stereocenters. The lowest BCUT2D eigenvalue weighted by Crippen LogP contribution is -2.47. The number of rotatable bonds is 6. The SMILES string of the molecule is COc1ccnc(C(=O)N[C@H]2CCCC[C@H](OC)[C@@H](OC)[C@H](C)OC2=O)c1OC(C)=O. The average molecular weight is 438 g/mol. The van der Waals surface area contributed by atoms with E-state index in [1.807, 2.05) is 0 Å². The maximum atomic E-state index is 12.9. The van der Waals surface area contributed by atoms with E-state index in [9.17, 15) is 14.4 Å². The molecule has 1 aliphatic heterocycles. The largest absolute Gasteiger partial charge is 0.493 e. The monoisotopic (exact) mass is 438 g/mol. The van der Waals surface area contributed by atoms with Crippen molar-refractivity contribution in [2.75, 3.05) is 21.3 Å². The third-order valence-electron chi connectivity index (χ3n) is 5.08. The minimum absolute atomic E-state index is 0.112. The van der Waals surface area contributed by atoms with Crippen LogP contribution in [-0.2, 0) is 23.8 Å². The molecule has 2 heterocycles. The molecule has 4 atom stereocenters. The first-order valence-electron chi connectivity index (χ1n) is 10.1. The van der Waals surface area contributed by atoms with E-state index < -0.39 is 36.1 Å². The molecular weight excluding hydrogens is 408 g/mol. The average Bonchev–Trinajstić information content (AvgIpc) is 2.73. The van der Waals surface area contributed by atoms with Crippen molar-refractivity contribution < 1.29 is 38.1 Å². The third-order valence-corrected chi connectivity index (χ3v) is 5.08. The van der Waals surface area contributed by atoms with Gasteiger partial charge < -0.3 is 29.0 Å². The Morgan fingerprint density at radius 2 is 1.87 bits per heavy atom. The number of methoxy groups -OCH3 is 3. The van der Waals surface area contributed by atoms with Crippen LogP contribution in [-0.4, -0.2) is 68.5 Å². The van der Waals surface area contributed by atoms with E-state index in [1.54, 1.807) is 14.0 Å². The molecule has 1 amide bonds. The van der Waals surface area contributed by atoms with Gasteiger partial charge in [0.2, 0.25) is 5.75 Å². The van der Waals surface area contributed by atoms with Gasteiger partial charge in [0.1, 0.15) is 18.2 Å². The summed E-state index contributed by atoms with van der Waals surface area (Å²) in [7, 11) is 4.52. The normalized spacial score (nSPS) is 24.6. The molecule has 1 aliphatic rings. The third kappa shape index (κ3) is 6.38. The van der Waals surface area contributed by atoms with Crippen molar-refractivity contribution in [3.8, 4) is 11.5 Å². The van der Waals surface area contributed by atoms with E-state index in [1.165, 1.54) is 33.4 Å². The van der Waals surface area contributed by atoms with Crippen LogP contribution in [0.3, 0.4) is 0 Å². The first-order valence-corrected chi connectivity index (χ1v) is 10.1. The number of nitrogens with one attached hydrogen (secondary N) is 1. The van der Waals surface area contributed by atoms with Crippen molar-refractivity contribution in [2.24, 2.45) is 0 Å². The van der Waals surface area contributed by atoms with Gasteiger partial charge in [-0.2, -0.15) is 0 Å². The molecule has 1 saturated heterocycles. The lowest BCUT2D eigenvalue weighted by molar-refractivity contribution is -0.165. The lowest BCUT2D eigenvalue weighted by Gasteiger charge is -2.32. The maximum absolute atomic E-state index is 12.9. The Morgan fingerprint density at radius 1 is 1.16 bits per heavy atom. The van der Waals surface area contributed by atoms with E-state index >= 15 is 0 Å². The highest BCUT2D eigenvalue weighted by molar-refractivity contribution is 5.98. The second kappa shape index (κ2) is 11.6. The van der Waals surface area contributed by atoms with Crippen molar-refractivity contribution in [2.45, 2.75) is 63.9 Å². The van der Waals surface area contributed by atoms with Gasteiger partial charge >= 0.3 is 11.9 Å². The van der Waals surface area contributed by atoms with Crippen LogP contribution in [0.25, 0.3) is 0 Å². The number of hydrogen-bond donors (Lipinski definition) is 1. The van der Waals surface area contributed by atoms with E-state index in [4.69, 9.17) is 23.7 Å². The number of carbonyl (C=O) groups is 3. The van der Waals surface area contributed by atoms with Gasteiger partial charge in [0.05, 0.1) is 13.2 Å². The lowest BCUT2D eigenvalue weighted by atomic mass is 9.99. The first-order chi connectivity index (χ1) is 14.8. The van der Waals surface area contributed by atoms with E-state index in [0.717, 1.165) is 12.8 Å². The second-order valence-corrected chi connectivity index (χ2v) is 7.21. The first kappa shape index (κ1) is 24.5. The number of aromatic nitrogens is 1. The summed E-state index contributed by atoms with van der Waals surface area (Å²) in [5.41, 5.74) is -0.165. The topological polar surface area (TPSA) is 122 Å². The number of amides is 1. The molecule has 10 heteroatoms. The Labute approximate surface area is 181 Å². The Bertz CT molecular complexity index is 785. The molecule has 0 spiro atoms.